The molecule has 5 nitrogen and oxygen atoms in total. The van der Waals surface area contributed by atoms with Crippen LogP contribution in [0.15, 0.2) is 59.1 Å². The zero-order chi connectivity index (χ0) is 18.3. The van der Waals surface area contributed by atoms with Gasteiger partial charge >= 0.3 is 0 Å². The molecule has 0 saturated carbocycles. The number of para-hydroxylation sites is 1. The van der Waals surface area contributed by atoms with Crippen molar-refractivity contribution in [3.8, 4) is 5.69 Å². The number of rotatable bonds is 2. The first-order valence-electron chi connectivity index (χ1n) is 8.03. The second-order valence-electron chi connectivity index (χ2n) is 5.95. The van der Waals surface area contributed by atoms with Crippen LogP contribution >= 0.6 is 15.9 Å². The molecule has 2 aromatic carbocycles. The van der Waals surface area contributed by atoms with E-state index in [1.54, 1.807) is 10.8 Å². The number of hydrogen-bond donors (Lipinski definition) is 1. The van der Waals surface area contributed by atoms with Crippen molar-refractivity contribution in [3.05, 3.63) is 81.6 Å². The highest BCUT2D eigenvalue weighted by Crippen LogP contribution is 2.29. The Morgan fingerprint density at radius 1 is 1.00 bits per heavy atom. The maximum Gasteiger partial charge on any atom is 0.262 e. The van der Waals surface area contributed by atoms with Crippen LogP contribution in [0.25, 0.3) is 17.3 Å². The Morgan fingerprint density at radius 3 is 2.38 bits per heavy atom. The van der Waals surface area contributed by atoms with Gasteiger partial charge in [-0.15, -0.1) is 0 Å². The number of halogens is 1. The molecule has 1 aliphatic rings. The molecule has 0 saturated heterocycles. The van der Waals surface area contributed by atoms with E-state index in [0.717, 1.165) is 15.7 Å². The fourth-order valence-electron chi connectivity index (χ4n) is 2.98. The van der Waals surface area contributed by atoms with Gasteiger partial charge in [-0.1, -0.05) is 46.3 Å². The second kappa shape index (κ2) is 6.38. The van der Waals surface area contributed by atoms with Gasteiger partial charge in [0.2, 0.25) is 0 Å². The van der Waals surface area contributed by atoms with Crippen LogP contribution in [0.5, 0.6) is 0 Å². The molecule has 0 bridgehead atoms. The summed E-state index contributed by atoms with van der Waals surface area (Å²) in [5, 5.41) is 6.99. The predicted molar refractivity (Wildman–Crippen MR) is 103 cm³/mol. The SMILES string of the molecule is Cc1c2c(nn1-c1ccccc1)/C(=C\c1ccc(Br)cc1)C(=O)NC2=O. The van der Waals surface area contributed by atoms with Crippen LogP contribution in [0.2, 0.25) is 0 Å². The van der Waals surface area contributed by atoms with Crippen LogP contribution in [0.4, 0.5) is 0 Å². The molecule has 0 aliphatic carbocycles. The van der Waals surface area contributed by atoms with Crippen LogP contribution in [0, 0.1) is 6.92 Å². The van der Waals surface area contributed by atoms with Crippen molar-refractivity contribution in [2.75, 3.05) is 0 Å². The summed E-state index contributed by atoms with van der Waals surface area (Å²) in [4.78, 5) is 24.8. The number of nitrogens with zero attached hydrogens (tertiary/aromatic N) is 2. The zero-order valence-electron chi connectivity index (χ0n) is 13.9. The van der Waals surface area contributed by atoms with E-state index in [4.69, 9.17) is 0 Å². The van der Waals surface area contributed by atoms with Crippen molar-refractivity contribution in [2.45, 2.75) is 6.92 Å². The Morgan fingerprint density at radius 2 is 1.69 bits per heavy atom. The van der Waals surface area contributed by atoms with E-state index in [1.165, 1.54) is 0 Å². The molecule has 0 spiro atoms. The van der Waals surface area contributed by atoms with E-state index in [-0.39, 0.29) is 0 Å². The van der Waals surface area contributed by atoms with Gasteiger partial charge in [0, 0.05) is 4.47 Å². The van der Waals surface area contributed by atoms with Gasteiger partial charge in [-0.05, 0) is 42.8 Å². The van der Waals surface area contributed by atoms with E-state index < -0.39 is 11.8 Å². The third-order valence-corrected chi connectivity index (χ3v) is 4.78. The first-order valence-corrected chi connectivity index (χ1v) is 8.82. The van der Waals surface area contributed by atoms with E-state index in [2.05, 4.69) is 26.3 Å². The molecule has 1 aromatic heterocycles. The summed E-state index contributed by atoms with van der Waals surface area (Å²) < 4.78 is 2.64. The summed E-state index contributed by atoms with van der Waals surface area (Å²) >= 11 is 3.39. The van der Waals surface area contributed by atoms with Crippen LogP contribution in [0.3, 0.4) is 0 Å². The topological polar surface area (TPSA) is 64.0 Å². The smallest absolute Gasteiger partial charge is 0.262 e. The van der Waals surface area contributed by atoms with Crippen molar-refractivity contribution in [1.82, 2.24) is 15.1 Å². The average Bonchev–Trinajstić information content (AvgIpc) is 2.99. The second-order valence-corrected chi connectivity index (χ2v) is 6.86. The highest BCUT2D eigenvalue weighted by Gasteiger charge is 2.33. The Bertz CT molecular complexity index is 1050. The lowest BCUT2D eigenvalue weighted by Gasteiger charge is -2.13. The number of imide groups is 1. The van der Waals surface area contributed by atoms with E-state index >= 15 is 0 Å². The van der Waals surface area contributed by atoms with Crippen molar-refractivity contribution in [3.63, 3.8) is 0 Å². The fraction of sp³-hybridized carbons (Fsp3) is 0.0500. The minimum Gasteiger partial charge on any atom is -0.288 e. The van der Waals surface area contributed by atoms with Crippen LogP contribution < -0.4 is 5.32 Å². The monoisotopic (exact) mass is 407 g/mol. The number of amides is 2. The summed E-state index contributed by atoms with van der Waals surface area (Å²) in [5.41, 5.74) is 3.59. The minimum atomic E-state index is -0.442. The summed E-state index contributed by atoms with van der Waals surface area (Å²) in [6.45, 7) is 1.82. The van der Waals surface area contributed by atoms with Crippen molar-refractivity contribution in [1.29, 1.82) is 0 Å². The summed E-state index contributed by atoms with van der Waals surface area (Å²) in [6.07, 6.45) is 1.74. The molecular formula is C20H14BrN3O2. The molecule has 0 radical (unpaired) electrons. The maximum atomic E-state index is 12.4. The van der Waals surface area contributed by atoms with Gasteiger partial charge in [-0.2, -0.15) is 5.10 Å². The molecule has 2 amide bonds. The van der Waals surface area contributed by atoms with Crippen molar-refractivity contribution in [2.24, 2.45) is 0 Å². The molecule has 0 atom stereocenters. The highest BCUT2D eigenvalue weighted by molar-refractivity contribution is 9.10. The van der Waals surface area contributed by atoms with Gasteiger partial charge in [-0.3, -0.25) is 14.9 Å². The van der Waals surface area contributed by atoms with Crippen molar-refractivity contribution < 1.29 is 9.59 Å². The van der Waals surface area contributed by atoms with E-state index in [1.807, 2.05) is 61.5 Å². The highest BCUT2D eigenvalue weighted by atomic mass is 79.9. The Balaban J connectivity index is 1.90. The molecular weight excluding hydrogens is 394 g/mol. The lowest BCUT2D eigenvalue weighted by atomic mass is 9.99. The molecule has 0 unspecified atom stereocenters. The number of carbonyl (C=O) groups excluding carboxylic acids is 2. The van der Waals surface area contributed by atoms with E-state index in [0.29, 0.717) is 22.5 Å². The molecule has 2 heterocycles. The van der Waals surface area contributed by atoms with Gasteiger partial charge in [0.1, 0.15) is 5.69 Å². The molecule has 3 aromatic rings. The van der Waals surface area contributed by atoms with Crippen LogP contribution in [-0.2, 0) is 4.79 Å². The molecule has 1 N–H and O–H groups in total. The lowest BCUT2D eigenvalue weighted by Crippen LogP contribution is -2.36. The van der Waals surface area contributed by atoms with Crippen LogP contribution in [-0.4, -0.2) is 21.6 Å². The number of hydrogen-bond acceptors (Lipinski definition) is 3. The average molecular weight is 408 g/mol. The van der Waals surface area contributed by atoms with Crippen LogP contribution in [0.1, 0.15) is 27.3 Å². The molecule has 128 valence electrons. The van der Waals surface area contributed by atoms with Gasteiger partial charge < -0.3 is 0 Å². The number of benzene rings is 2. The summed E-state index contributed by atoms with van der Waals surface area (Å²) in [6, 6.07) is 17.1. The largest absolute Gasteiger partial charge is 0.288 e. The third-order valence-electron chi connectivity index (χ3n) is 4.25. The Kier molecular flexibility index (Phi) is 4.05. The summed E-state index contributed by atoms with van der Waals surface area (Å²) in [7, 11) is 0. The quantitative estimate of drug-likeness (QED) is 0.519. The molecule has 26 heavy (non-hydrogen) atoms. The third kappa shape index (κ3) is 2.78. The molecule has 1 aliphatic heterocycles. The maximum absolute atomic E-state index is 12.4. The molecule has 6 heteroatoms. The number of carbonyl (C=O) groups is 2. The number of fused-ring (bicyclic) bond motifs is 1. The lowest BCUT2D eigenvalue weighted by molar-refractivity contribution is -0.114. The normalized spacial score (nSPS) is 15.1. The van der Waals surface area contributed by atoms with Gasteiger partial charge in [0.25, 0.3) is 11.8 Å². The van der Waals surface area contributed by atoms with Gasteiger partial charge in [-0.25, -0.2) is 4.68 Å². The zero-order valence-corrected chi connectivity index (χ0v) is 15.4. The van der Waals surface area contributed by atoms with Crippen molar-refractivity contribution >= 4 is 39.4 Å². The number of nitrogens with one attached hydrogen (secondary N) is 1. The Labute approximate surface area is 158 Å². The molecule has 4 rings (SSSR count). The standard InChI is InChI=1S/C20H14BrN3O2/c1-12-17-18(23-24(12)15-5-3-2-4-6-15)16(19(25)22-20(17)26)11-13-7-9-14(21)10-8-13/h2-11H,1H3,(H,22,25,26)/b16-11+. The van der Waals surface area contributed by atoms with Gasteiger partial charge in [0.15, 0.2) is 0 Å². The van der Waals surface area contributed by atoms with Gasteiger partial charge in [0.05, 0.1) is 22.5 Å². The number of aromatic nitrogens is 2. The summed E-state index contributed by atoms with van der Waals surface area (Å²) in [5.74, 6) is -0.860. The molecule has 0 fully saturated rings. The first kappa shape index (κ1) is 16.5. The Hall–Kier alpha value is -2.99. The predicted octanol–water partition coefficient (Wildman–Crippen LogP) is 3.75. The van der Waals surface area contributed by atoms with E-state index in [9.17, 15) is 9.59 Å². The fourth-order valence-corrected chi connectivity index (χ4v) is 3.25. The first-order chi connectivity index (χ1) is 12.5. The minimum absolute atomic E-state index is 0.375.